The molecule has 0 spiro atoms. The monoisotopic (exact) mass is 1150 g/mol. The fraction of sp³-hybridized carbons (Fsp3) is 0.840. The Bertz CT molecular complexity index is 1450. The van der Waals surface area contributed by atoms with E-state index in [9.17, 15) is 19.2 Å². The van der Waals surface area contributed by atoms with Crippen LogP contribution in [0, 0.1) is 0 Å². The van der Waals surface area contributed by atoms with Crippen molar-refractivity contribution in [3.8, 4) is 0 Å². The van der Waals surface area contributed by atoms with Gasteiger partial charge in [-0.25, -0.2) is 0 Å². The third-order valence-electron chi connectivity index (χ3n) is 16.3. The van der Waals surface area contributed by atoms with Gasteiger partial charge in [0.25, 0.3) is 0 Å². The summed E-state index contributed by atoms with van der Waals surface area (Å²) in [6.07, 6.45) is 80.3. The van der Waals surface area contributed by atoms with E-state index in [-0.39, 0.29) is 56.2 Å². The minimum atomic E-state index is -0.898. The highest BCUT2D eigenvalue weighted by Crippen LogP contribution is 2.18. The van der Waals surface area contributed by atoms with Crippen LogP contribution in [0.15, 0.2) is 48.6 Å². The zero-order chi connectivity index (χ0) is 59.5. The van der Waals surface area contributed by atoms with Gasteiger partial charge in [0.05, 0.1) is 6.54 Å². The molecule has 2 amide bonds. The number of carbonyl (C=O) groups excluding carboxylic acids is 4. The molecule has 478 valence electrons. The maximum atomic E-state index is 14.1. The second-order valence-corrected chi connectivity index (χ2v) is 24.5. The summed E-state index contributed by atoms with van der Waals surface area (Å²) in [5, 5.41) is 0. The molecule has 7 heteroatoms. The lowest BCUT2D eigenvalue weighted by Gasteiger charge is -2.26. The van der Waals surface area contributed by atoms with Crippen molar-refractivity contribution in [3.05, 3.63) is 48.6 Å². The molecule has 0 heterocycles. The number of rotatable bonds is 65. The van der Waals surface area contributed by atoms with Gasteiger partial charge in [0, 0.05) is 25.7 Å². The number of allylic oxidation sites excluding steroid dienone is 8. The summed E-state index contributed by atoms with van der Waals surface area (Å²) < 4.78 is 11.9. The predicted octanol–water partition coefficient (Wildman–Crippen LogP) is 23.9. The first-order valence-electron chi connectivity index (χ1n) is 36.2. The molecule has 0 aromatic heterocycles. The van der Waals surface area contributed by atoms with Gasteiger partial charge in [0.15, 0.2) is 6.10 Å². The van der Waals surface area contributed by atoms with Crippen LogP contribution in [0.2, 0.25) is 0 Å². The number of imide groups is 1. The lowest BCUT2D eigenvalue weighted by atomic mass is 10.1. The Kier molecular flexibility index (Phi) is 64.7. The van der Waals surface area contributed by atoms with Crippen molar-refractivity contribution in [1.82, 2.24) is 4.90 Å². The Morgan fingerprint density at radius 3 is 0.768 bits per heavy atom. The molecule has 0 aromatic carbocycles. The quantitative estimate of drug-likeness (QED) is 0.0342. The SMILES string of the molecule is CCCCCCCC/C=C\CCCCCCCC(=O)OCC(CN(C(=O)CCCCCCC/C=C\CCCCCCCC)C(=O)CCCCCCC/C=C\CCCCCCCC)OC(=O)CCCCCCC/C=C\CCCCCCCC. The summed E-state index contributed by atoms with van der Waals surface area (Å²) in [5.41, 5.74) is 0. The van der Waals surface area contributed by atoms with Gasteiger partial charge in [-0.15, -0.1) is 0 Å². The molecule has 1 atom stereocenters. The van der Waals surface area contributed by atoms with Gasteiger partial charge in [-0.05, 0) is 128 Å². The highest BCUT2D eigenvalue weighted by atomic mass is 16.6. The second-order valence-electron chi connectivity index (χ2n) is 24.5. The molecule has 0 radical (unpaired) electrons. The van der Waals surface area contributed by atoms with Crippen molar-refractivity contribution in [3.63, 3.8) is 0 Å². The van der Waals surface area contributed by atoms with Crippen LogP contribution < -0.4 is 0 Å². The first-order chi connectivity index (χ1) is 40.4. The standard InChI is InChI=1S/C75H137NO6/c1-5-9-13-17-21-25-29-33-37-41-45-49-53-57-61-65-72(77)76(73(78)66-62-58-54-50-46-42-38-34-30-26-22-18-14-10-6-2)69-71(82-75(80)68-64-60-56-52-48-44-40-36-32-28-24-20-16-12-8-4)70-81-74(79)67-63-59-55-51-47-43-39-35-31-27-23-19-15-11-7-3/h33-40,71H,5-32,41-70H2,1-4H3/b37-33-,38-34-,39-35-,40-36-. The van der Waals surface area contributed by atoms with Crippen molar-refractivity contribution < 1.29 is 28.7 Å². The number of ether oxygens (including phenoxy) is 2. The van der Waals surface area contributed by atoms with E-state index in [1.54, 1.807) is 0 Å². The van der Waals surface area contributed by atoms with Gasteiger partial charge >= 0.3 is 11.9 Å². The maximum absolute atomic E-state index is 14.1. The van der Waals surface area contributed by atoms with Gasteiger partial charge in [-0.2, -0.15) is 0 Å². The molecule has 1 unspecified atom stereocenters. The summed E-state index contributed by atoms with van der Waals surface area (Å²) in [7, 11) is 0. The van der Waals surface area contributed by atoms with Gasteiger partial charge in [-0.3, -0.25) is 24.1 Å². The van der Waals surface area contributed by atoms with Crippen molar-refractivity contribution in [2.75, 3.05) is 13.2 Å². The van der Waals surface area contributed by atoms with Crippen LogP contribution in [0.1, 0.15) is 387 Å². The second kappa shape index (κ2) is 67.2. The minimum absolute atomic E-state index is 0.0768. The fourth-order valence-corrected chi connectivity index (χ4v) is 10.8. The van der Waals surface area contributed by atoms with Gasteiger partial charge in [0.2, 0.25) is 11.8 Å². The van der Waals surface area contributed by atoms with E-state index in [0.29, 0.717) is 6.42 Å². The average molecular weight is 1150 g/mol. The van der Waals surface area contributed by atoms with Gasteiger partial charge < -0.3 is 9.47 Å². The van der Waals surface area contributed by atoms with E-state index in [4.69, 9.17) is 9.47 Å². The first-order valence-corrected chi connectivity index (χ1v) is 36.2. The molecule has 0 aliphatic rings. The zero-order valence-electron chi connectivity index (χ0n) is 55.1. The minimum Gasteiger partial charge on any atom is -0.462 e. The molecule has 82 heavy (non-hydrogen) atoms. The summed E-state index contributed by atoms with van der Waals surface area (Å²) >= 11 is 0. The third kappa shape index (κ3) is 60.2. The predicted molar refractivity (Wildman–Crippen MR) is 355 cm³/mol. The number of hydrogen-bond acceptors (Lipinski definition) is 6. The third-order valence-corrected chi connectivity index (χ3v) is 16.3. The molecule has 0 aliphatic carbocycles. The van der Waals surface area contributed by atoms with E-state index >= 15 is 0 Å². The number of unbranched alkanes of at least 4 members (excludes halogenated alkanes) is 44. The highest BCUT2D eigenvalue weighted by molar-refractivity contribution is 5.95. The van der Waals surface area contributed by atoms with Crippen molar-refractivity contribution in [2.45, 2.75) is 393 Å². The van der Waals surface area contributed by atoms with Crippen molar-refractivity contribution >= 4 is 23.8 Å². The van der Waals surface area contributed by atoms with Gasteiger partial charge in [0.1, 0.15) is 6.61 Å². The molecular weight excluding hydrogens is 1010 g/mol. The molecule has 7 nitrogen and oxygen atoms in total. The maximum Gasteiger partial charge on any atom is 0.306 e. The van der Waals surface area contributed by atoms with Crippen molar-refractivity contribution in [2.24, 2.45) is 0 Å². The summed E-state index contributed by atoms with van der Waals surface area (Å²) in [6.45, 7) is 8.83. The number of hydrogen-bond donors (Lipinski definition) is 0. The van der Waals surface area contributed by atoms with Crippen LogP contribution in [0.25, 0.3) is 0 Å². The van der Waals surface area contributed by atoms with E-state index in [0.717, 1.165) is 148 Å². The fourth-order valence-electron chi connectivity index (χ4n) is 10.8. The Morgan fingerprint density at radius 1 is 0.280 bits per heavy atom. The number of carbonyl (C=O) groups is 4. The molecule has 0 fully saturated rings. The van der Waals surface area contributed by atoms with Crippen LogP contribution >= 0.6 is 0 Å². The lowest BCUT2D eigenvalue weighted by Crippen LogP contribution is -2.45. The summed E-state index contributed by atoms with van der Waals surface area (Å²) in [6, 6.07) is 0. The molecule has 0 saturated carbocycles. The molecule has 0 aliphatic heterocycles. The summed E-state index contributed by atoms with van der Waals surface area (Å²) in [4.78, 5) is 56.1. The lowest BCUT2D eigenvalue weighted by molar-refractivity contribution is -0.163. The van der Waals surface area contributed by atoms with Crippen LogP contribution in [0.3, 0.4) is 0 Å². The average Bonchev–Trinajstić information content (AvgIpc) is 3.49. The van der Waals surface area contributed by atoms with E-state index < -0.39 is 6.10 Å². The molecule has 0 N–H and O–H groups in total. The van der Waals surface area contributed by atoms with Crippen LogP contribution in [-0.2, 0) is 28.7 Å². The number of amides is 2. The van der Waals surface area contributed by atoms with E-state index in [1.165, 1.54) is 191 Å². The summed E-state index contributed by atoms with van der Waals surface area (Å²) in [5.74, 6) is -1.10. The van der Waals surface area contributed by atoms with E-state index in [2.05, 4.69) is 76.3 Å². The Hall–Kier alpha value is -2.96. The van der Waals surface area contributed by atoms with Crippen molar-refractivity contribution in [1.29, 1.82) is 0 Å². The zero-order valence-corrected chi connectivity index (χ0v) is 55.1. The molecule has 0 bridgehead atoms. The Balaban J connectivity index is 5.44. The van der Waals surface area contributed by atoms with Crippen LogP contribution in [-0.4, -0.2) is 47.9 Å². The molecule has 0 aromatic rings. The number of nitrogens with zero attached hydrogens (tertiary/aromatic N) is 1. The topological polar surface area (TPSA) is 90.0 Å². The normalized spacial score (nSPS) is 12.2. The Labute approximate surface area is 510 Å². The molecule has 0 rings (SSSR count). The smallest absolute Gasteiger partial charge is 0.306 e. The van der Waals surface area contributed by atoms with E-state index in [1.807, 2.05) is 0 Å². The van der Waals surface area contributed by atoms with Crippen LogP contribution in [0.5, 0.6) is 0 Å². The van der Waals surface area contributed by atoms with Crippen LogP contribution in [0.4, 0.5) is 0 Å². The Morgan fingerprint density at radius 2 is 0.500 bits per heavy atom. The molecule has 0 saturated heterocycles. The highest BCUT2D eigenvalue weighted by Gasteiger charge is 2.28. The number of esters is 2. The molecular formula is C75H137NO6. The van der Waals surface area contributed by atoms with Gasteiger partial charge in [-0.1, -0.05) is 282 Å². The largest absolute Gasteiger partial charge is 0.462 e. The first kappa shape index (κ1) is 79.0.